The van der Waals surface area contributed by atoms with Gasteiger partial charge in [0.1, 0.15) is 18.7 Å². The fourth-order valence-corrected chi connectivity index (χ4v) is 2.05. The second-order valence-corrected chi connectivity index (χ2v) is 4.13. The molecule has 0 radical (unpaired) electrons. The zero-order valence-corrected chi connectivity index (χ0v) is 9.22. The van der Waals surface area contributed by atoms with Crippen molar-refractivity contribution in [2.45, 2.75) is 25.0 Å². The van der Waals surface area contributed by atoms with Crippen molar-refractivity contribution in [3.8, 4) is 0 Å². The molecule has 0 aromatic heterocycles. The third-order valence-corrected chi connectivity index (χ3v) is 2.96. The van der Waals surface area contributed by atoms with Gasteiger partial charge in [0.15, 0.2) is 0 Å². The van der Waals surface area contributed by atoms with Gasteiger partial charge in [0.2, 0.25) is 5.91 Å². The van der Waals surface area contributed by atoms with E-state index in [1.807, 2.05) is 0 Å². The van der Waals surface area contributed by atoms with Gasteiger partial charge in [-0.3, -0.25) is 9.59 Å². The van der Waals surface area contributed by atoms with Crippen LogP contribution in [0.15, 0.2) is 0 Å². The largest absolute Gasteiger partial charge is 0.480 e. The molecule has 0 spiro atoms. The SMILES string of the molecule is O=C1CN(C(=O)C2CCCO2)C(C(=O)O)CN1. The molecule has 7 heteroatoms. The van der Waals surface area contributed by atoms with Gasteiger partial charge in [-0.1, -0.05) is 0 Å². The van der Waals surface area contributed by atoms with E-state index in [1.54, 1.807) is 0 Å². The Morgan fingerprint density at radius 3 is 2.82 bits per heavy atom. The summed E-state index contributed by atoms with van der Waals surface area (Å²) in [5.74, 6) is -1.85. The molecule has 2 aliphatic rings. The summed E-state index contributed by atoms with van der Waals surface area (Å²) in [5, 5.41) is 11.4. The summed E-state index contributed by atoms with van der Waals surface area (Å²) in [4.78, 5) is 35.3. The van der Waals surface area contributed by atoms with Gasteiger partial charge in [0.25, 0.3) is 5.91 Å². The van der Waals surface area contributed by atoms with Crippen LogP contribution in [-0.2, 0) is 19.1 Å². The lowest BCUT2D eigenvalue weighted by atomic mass is 10.1. The quantitative estimate of drug-likeness (QED) is 0.619. The summed E-state index contributed by atoms with van der Waals surface area (Å²) in [6, 6.07) is -0.996. The minimum absolute atomic E-state index is 0.0490. The number of aliphatic carboxylic acids is 1. The van der Waals surface area contributed by atoms with Crippen LogP contribution in [0.3, 0.4) is 0 Å². The Hall–Kier alpha value is -1.63. The predicted molar refractivity (Wildman–Crippen MR) is 55.1 cm³/mol. The maximum absolute atomic E-state index is 12.0. The van der Waals surface area contributed by atoms with Gasteiger partial charge < -0.3 is 20.1 Å². The molecule has 2 saturated heterocycles. The van der Waals surface area contributed by atoms with E-state index >= 15 is 0 Å². The normalized spacial score (nSPS) is 28.9. The first-order chi connectivity index (χ1) is 8.09. The van der Waals surface area contributed by atoms with Crippen LogP contribution in [0.4, 0.5) is 0 Å². The van der Waals surface area contributed by atoms with E-state index in [9.17, 15) is 14.4 Å². The third kappa shape index (κ3) is 2.38. The maximum Gasteiger partial charge on any atom is 0.328 e. The lowest BCUT2D eigenvalue weighted by molar-refractivity contribution is -0.158. The number of carboxylic acids is 1. The smallest absolute Gasteiger partial charge is 0.328 e. The molecule has 0 aromatic rings. The zero-order chi connectivity index (χ0) is 12.4. The summed E-state index contributed by atoms with van der Waals surface area (Å²) in [7, 11) is 0. The van der Waals surface area contributed by atoms with Crippen LogP contribution in [0.2, 0.25) is 0 Å². The second-order valence-electron chi connectivity index (χ2n) is 4.13. The highest BCUT2D eigenvalue weighted by molar-refractivity contribution is 5.92. The number of hydrogen-bond donors (Lipinski definition) is 2. The van der Waals surface area contributed by atoms with E-state index in [0.717, 1.165) is 11.3 Å². The van der Waals surface area contributed by atoms with Gasteiger partial charge in [-0.15, -0.1) is 0 Å². The fourth-order valence-electron chi connectivity index (χ4n) is 2.05. The molecule has 2 rings (SSSR count). The predicted octanol–water partition coefficient (Wildman–Crippen LogP) is -1.42. The molecule has 2 heterocycles. The van der Waals surface area contributed by atoms with E-state index in [4.69, 9.17) is 9.84 Å². The summed E-state index contributed by atoms with van der Waals surface area (Å²) in [6.45, 7) is 0.246. The highest BCUT2D eigenvalue weighted by Gasteiger charge is 2.39. The monoisotopic (exact) mass is 242 g/mol. The number of piperazine rings is 1. The van der Waals surface area contributed by atoms with E-state index in [-0.39, 0.29) is 19.0 Å². The van der Waals surface area contributed by atoms with E-state index in [1.165, 1.54) is 0 Å². The van der Waals surface area contributed by atoms with Crippen LogP contribution in [0, 0.1) is 0 Å². The molecule has 0 saturated carbocycles. The lowest BCUT2D eigenvalue weighted by Gasteiger charge is -2.34. The number of carbonyl (C=O) groups excluding carboxylic acids is 2. The zero-order valence-electron chi connectivity index (χ0n) is 9.22. The first-order valence-corrected chi connectivity index (χ1v) is 5.51. The van der Waals surface area contributed by atoms with Crippen LogP contribution in [0.25, 0.3) is 0 Å². The van der Waals surface area contributed by atoms with Crippen molar-refractivity contribution in [3.63, 3.8) is 0 Å². The molecule has 0 aliphatic carbocycles. The van der Waals surface area contributed by atoms with Crippen molar-refractivity contribution < 1.29 is 24.2 Å². The number of ether oxygens (including phenoxy) is 1. The first-order valence-electron chi connectivity index (χ1n) is 5.51. The Balaban J connectivity index is 2.10. The number of nitrogens with one attached hydrogen (secondary N) is 1. The Morgan fingerprint density at radius 1 is 1.47 bits per heavy atom. The average molecular weight is 242 g/mol. The molecule has 2 aliphatic heterocycles. The molecule has 2 fully saturated rings. The van der Waals surface area contributed by atoms with Gasteiger partial charge in [-0.2, -0.15) is 0 Å². The van der Waals surface area contributed by atoms with Crippen molar-refractivity contribution in [2.75, 3.05) is 19.7 Å². The third-order valence-electron chi connectivity index (χ3n) is 2.96. The number of hydrogen-bond acceptors (Lipinski definition) is 4. The molecule has 94 valence electrons. The van der Waals surface area contributed by atoms with Gasteiger partial charge in [0.05, 0.1) is 0 Å². The number of carboxylic acid groups (broad SMARTS) is 1. The molecule has 0 aromatic carbocycles. The Labute approximate surface area is 97.7 Å². The maximum atomic E-state index is 12.0. The van der Waals surface area contributed by atoms with Gasteiger partial charge in [-0.25, -0.2) is 4.79 Å². The minimum atomic E-state index is -1.11. The molecular weight excluding hydrogens is 228 g/mol. The van der Waals surface area contributed by atoms with Crippen molar-refractivity contribution in [2.24, 2.45) is 0 Å². The first kappa shape index (κ1) is 11.8. The molecule has 2 atom stereocenters. The molecule has 2 unspecified atom stereocenters. The molecule has 2 amide bonds. The highest BCUT2D eigenvalue weighted by Crippen LogP contribution is 2.17. The number of nitrogens with zero attached hydrogens (tertiary/aromatic N) is 1. The number of rotatable bonds is 2. The van der Waals surface area contributed by atoms with E-state index in [0.29, 0.717) is 13.0 Å². The van der Waals surface area contributed by atoms with Crippen molar-refractivity contribution in [1.82, 2.24) is 10.2 Å². The molecular formula is C10H14N2O5. The van der Waals surface area contributed by atoms with Crippen LogP contribution >= 0.6 is 0 Å². The van der Waals surface area contributed by atoms with Crippen LogP contribution in [0.5, 0.6) is 0 Å². The number of carbonyl (C=O) groups is 3. The topological polar surface area (TPSA) is 95.9 Å². The molecule has 17 heavy (non-hydrogen) atoms. The van der Waals surface area contributed by atoms with Gasteiger partial charge >= 0.3 is 5.97 Å². The minimum Gasteiger partial charge on any atom is -0.480 e. The second kappa shape index (κ2) is 4.70. The Bertz CT molecular complexity index is 351. The lowest BCUT2D eigenvalue weighted by Crippen LogP contribution is -2.61. The molecule has 7 nitrogen and oxygen atoms in total. The summed E-state index contributed by atoms with van der Waals surface area (Å²) in [5.41, 5.74) is 0. The molecule has 0 bridgehead atoms. The summed E-state index contributed by atoms with van der Waals surface area (Å²) >= 11 is 0. The van der Waals surface area contributed by atoms with Gasteiger partial charge in [-0.05, 0) is 12.8 Å². The molecule has 2 N–H and O–H groups in total. The number of amides is 2. The van der Waals surface area contributed by atoms with Gasteiger partial charge in [0, 0.05) is 13.2 Å². The van der Waals surface area contributed by atoms with Crippen LogP contribution in [-0.4, -0.2) is 59.6 Å². The fraction of sp³-hybridized carbons (Fsp3) is 0.700. The average Bonchev–Trinajstić information content (AvgIpc) is 2.80. The van der Waals surface area contributed by atoms with E-state index in [2.05, 4.69) is 5.32 Å². The van der Waals surface area contributed by atoms with Crippen LogP contribution in [0.1, 0.15) is 12.8 Å². The van der Waals surface area contributed by atoms with Crippen molar-refractivity contribution >= 4 is 17.8 Å². The summed E-state index contributed by atoms with van der Waals surface area (Å²) in [6.07, 6.45) is 0.778. The van der Waals surface area contributed by atoms with Crippen molar-refractivity contribution in [1.29, 1.82) is 0 Å². The Morgan fingerprint density at radius 2 is 2.24 bits per heavy atom. The summed E-state index contributed by atoms with van der Waals surface area (Å²) < 4.78 is 5.22. The van der Waals surface area contributed by atoms with Crippen molar-refractivity contribution in [3.05, 3.63) is 0 Å². The van der Waals surface area contributed by atoms with Crippen LogP contribution < -0.4 is 5.32 Å². The highest BCUT2D eigenvalue weighted by atomic mass is 16.5. The Kier molecular flexibility index (Phi) is 3.28. The standard InChI is InChI=1S/C10H14N2O5/c13-8-5-12(6(4-11-8)10(15)16)9(14)7-2-1-3-17-7/h6-7H,1-5H2,(H,11,13)(H,15,16). The van der Waals surface area contributed by atoms with E-state index < -0.39 is 24.0 Å².